The van der Waals surface area contributed by atoms with E-state index >= 15 is 0 Å². The van der Waals surface area contributed by atoms with Crippen LogP contribution in [0.15, 0.2) is 0 Å². The van der Waals surface area contributed by atoms with E-state index < -0.39 is 0 Å². The molecule has 1 heterocycles. The van der Waals surface area contributed by atoms with Crippen molar-refractivity contribution in [3.8, 4) is 0 Å². The number of aliphatic hydroxyl groups excluding tert-OH is 1. The largest absolute Gasteiger partial charge is 0.391 e. The van der Waals surface area contributed by atoms with Crippen molar-refractivity contribution in [1.29, 1.82) is 0 Å². The third-order valence-corrected chi connectivity index (χ3v) is 5.20. The lowest BCUT2D eigenvalue weighted by molar-refractivity contribution is -0.0305. The highest BCUT2D eigenvalue weighted by molar-refractivity contribution is 4.90. The fourth-order valence-corrected chi connectivity index (χ4v) is 3.70. The second-order valence-corrected chi connectivity index (χ2v) is 7.42. The standard InChI is InChI=1S/C16H32N2O/c1-5-13-6-7-15(19)14(12-13)17-8-10-18(11-9-17)16(2,3)4/h13-15,19H,5-12H2,1-4H3. The lowest BCUT2D eigenvalue weighted by atomic mass is 9.81. The molecular weight excluding hydrogens is 236 g/mol. The molecule has 2 fully saturated rings. The maximum atomic E-state index is 10.3. The van der Waals surface area contributed by atoms with Gasteiger partial charge in [-0.3, -0.25) is 9.80 Å². The van der Waals surface area contributed by atoms with E-state index in [0.29, 0.717) is 6.04 Å². The van der Waals surface area contributed by atoms with Crippen LogP contribution in [0.5, 0.6) is 0 Å². The Morgan fingerprint density at radius 2 is 1.68 bits per heavy atom. The molecule has 2 aliphatic rings. The maximum Gasteiger partial charge on any atom is 0.0695 e. The second-order valence-electron chi connectivity index (χ2n) is 7.42. The average molecular weight is 268 g/mol. The number of hydrogen-bond donors (Lipinski definition) is 1. The minimum absolute atomic E-state index is 0.0935. The Morgan fingerprint density at radius 1 is 1.05 bits per heavy atom. The number of aliphatic hydroxyl groups is 1. The van der Waals surface area contributed by atoms with Crippen LogP contribution < -0.4 is 0 Å². The highest BCUT2D eigenvalue weighted by Gasteiger charge is 2.35. The van der Waals surface area contributed by atoms with Gasteiger partial charge in [0.25, 0.3) is 0 Å². The molecule has 1 saturated heterocycles. The van der Waals surface area contributed by atoms with E-state index in [9.17, 15) is 5.11 Å². The van der Waals surface area contributed by atoms with Crippen molar-refractivity contribution < 1.29 is 5.11 Å². The molecule has 1 aliphatic carbocycles. The third kappa shape index (κ3) is 3.71. The predicted octanol–water partition coefficient (Wildman–Crippen LogP) is 2.34. The normalized spacial score (nSPS) is 35.5. The van der Waals surface area contributed by atoms with Crippen LogP contribution in [0, 0.1) is 5.92 Å². The van der Waals surface area contributed by atoms with E-state index in [2.05, 4.69) is 37.5 Å². The van der Waals surface area contributed by atoms with Crippen molar-refractivity contribution in [3.63, 3.8) is 0 Å². The highest BCUT2D eigenvalue weighted by atomic mass is 16.3. The minimum atomic E-state index is -0.0935. The summed E-state index contributed by atoms with van der Waals surface area (Å²) in [4.78, 5) is 5.12. The first kappa shape index (κ1) is 15.3. The van der Waals surface area contributed by atoms with Crippen LogP contribution in [0.3, 0.4) is 0 Å². The van der Waals surface area contributed by atoms with Crippen LogP contribution >= 0.6 is 0 Å². The molecule has 1 aliphatic heterocycles. The van der Waals surface area contributed by atoms with E-state index in [1.54, 1.807) is 0 Å². The smallest absolute Gasteiger partial charge is 0.0695 e. The van der Waals surface area contributed by atoms with Gasteiger partial charge in [0.15, 0.2) is 0 Å². The summed E-state index contributed by atoms with van der Waals surface area (Å²) in [6.45, 7) is 13.7. The topological polar surface area (TPSA) is 26.7 Å². The SMILES string of the molecule is CCC1CCC(O)C(N2CCN(C(C)(C)C)CC2)C1. The van der Waals surface area contributed by atoms with Gasteiger partial charge >= 0.3 is 0 Å². The van der Waals surface area contributed by atoms with Crippen LogP contribution in [-0.2, 0) is 0 Å². The van der Waals surface area contributed by atoms with Crippen molar-refractivity contribution in [2.75, 3.05) is 26.2 Å². The van der Waals surface area contributed by atoms with Crippen molar-refractivity contribution >= 4 is 0 Å². The zero-order valence-electron chi connectivity index (χ0n) is 13.2. The van der Waals surface area contributed by atoms with E-state index in [0.717, 1.165) is 38.5 Å². The third-order valence-electron chi connectivity index (χ3n) is 5.20. The molecule has 0 amide bonds. The zero-order chi connectivity index (χ0) is 14.0. The van der Waals surface area contributed by atoms with E-state index in [4.69, 9.17) is 0 Å². The summed E-state index contributed by atoms with van der Waals surface area (Å²) in [7, 11) is 0. The Kier molecular flexibility index (Phi) is 4.91. The molecule has 0 aromatic rings. The van der Waals surface area contributed by atoms with E-state index in [1.165, 1.54) is 19.3 Å². The molecule has 0 aromatic carbocycles. The van der Waals surface area contributed by atoms with Crippen molar-refractivity contribution in [1.82, 2.24) is 9.80 Å². The molecule has 1 N–H and O–H groups in total. The monoisotopic (exact) mass is 268 g/mol. The molecule has 3 nitrogen and oxygen atoms in total. The zero-order valence-corrected chi connectivity index (χ0v) is 13.2. The first-order valence-electron chi connectivity index (χ1n) is 8.09. The predicted molar refractivity (Wildman–Crippen MR) is 80.3 cm³/mol. The summed E-state index contributed by atoms with van der Waals surface area (Å²) in [5.41, 5.74) is 0.281. The molecule has 0 radical (unpaired) electrons. The van der Waals surface area contributed by atoms with Gasteiger partial charge in [0, 0.05) is 37.8 Å². The van der Waals surface area contributed by atoms with Crippen molar-refractivity contribution in [3.05, 3.63) is 0 Å². The number of rotatable bonds is 2. The fourth-order valence-electron chi connectivity index (χ4n) is 3.70. The summed E-state index contributed by atoms with van der Waals surface area (Å²) in [5, 5.41) is 10.3. The maximum absolute atomic E-state index is 10.3. The Morgan fingerprint density at radius 3 is 2.21 bits per heavy atom. The van der Waals surface area contributed by atoms with Gasteiger partial charge in [0.05, 0.1) is 6.10 Å². The first-order chi connectivity index (χ1) is 8.91. The Bertz CT molecular complexity index is 279. The lowest BCUT2D eigenvalue weighted by Crippen LogP contribution is -2.58. The molecule has 0 spiro atoms. The summed E-state index contributed by atoms with van der Waals surface area (Å²) in [6, 6.07) is 0.417. The van der Waals surface area contributed by atoms with Gasteiger partial charge in [-0.15, -0.1) is 0 Å². The molecule has 19 heavy (non-hydrogen) atoms. The number of nitrogens with zero attached hydrogens (tertiary/aromatic N) is 2. The molecule has 0 bridgehead atoms. The average Bonchev–Trinajstić information content (AvgIpc) is 2.38. The van der Waals surface area contributed by atoms with Gasteiger partial charge in [0.1, 0.15) is 0 Å². The summed E-state index contributed by atoms with van der Waals surface area (Å²) >= 11 is 0. The quantitative estimate of drug-likeness (QED) is 0.833. The summed E-state index contributed by atoms with van der Waals surface area (Å²) < 4.78 is 0. The fraction of sp³-hybridized carbons (Fsp3) is 1.00. The molecule has 2 rings (SSSR count). The molecule has 3 unspecified atom stereocenters. The molecule has 1 saturated carbocycles. The lowest BCUT2D eigenvalue weighted by Gasteiger charge is -2.47. The van der Waals surface area contributed by atoms with Gasteiger partial charge < -0.3 is 5.11 Å². The number of hydrogen-bond acceptors (Lipinski definition) is 3. The van der Waals surface area contributed by atoms with Gasteiger partial charge in [0.2, 0.25) is 0 Å². The highest BCUT2D eigenvalue weighted by Crippen LogP contribution is 2.31. The van der Waals surface area contributed by atoms with Crippen molar-refractivity contribution in [2.45, 2.75) is 71.1 Å². The minimum Gasteiger partial charge on any atom is -0.391 e. The molecular formula is C16H32N2O. The van der Waals surface area contributed by atoms with Gasteiger partial charge in [-0.1, -0.05) is 13.3 Å². The van der Waals surface area contributed by atoms with Crippen LogP contribution in [0.1, 0.15) is 53.4 Å². The molecule has 3 atom stereocenters. The van der Waals surface area contributed by atoms with Gasteiger partial charge in [-0.2, -0.15) is 0 Å². The summed E-state index contributed by atoms with van der Waals surface area (Å²) in [5.74, 6) is 0.828. The van der Waals surface area contributed by atoms with Crippen LogP contribution in [0.4, 0.5) is 0 Å². The number of piperazine rings is 1. The van der Waals surface area contributed by atoms with Crippen LogP contribution in [0.2, 0.25) is 0 Å². The first-order valence-corrected chi connectivity index (χ1v) is 8.09. The second kappa shape index (κ2) is 6.11. The van der Waals surface area contributed by atoms with Crippen molar-refractivity contribution in [2.24, 2.45) is 5.92 Å². The Hall–Kier alpha value is -0.120. The van der Waals surface area contributed by atoms with E-state index in [-0.39, 0.29) is 11.6 Å². The van der Waals surface area contributed by atoms with Gasteiger partial charge in [-0.25, -0.2) is 0 Å². The van der Waals surface area contributed by atoms with Crippen LogP contribution in [-0.4, -0.2) is 58.8 Å². The molecule has 0 aromatic heterocycles. The van der Waals surface area contributed by atoms with Gasteiger partial charge in [-0.05, 0) is 46.0 Å². The Labute approximate surface area is 119 Å². The van der Waals surface area contributed by atoms with E-state index in [1.807, 2.05) is 0 Å². The molecule has 3 heteroatoms. The Balaban J connectivity index is 1.89. The summed E-state index contributed by atoms with van der Waals surface area (Å²) in [6.07, 6.45) is 4.60. The van der Waals surface area contributed by atoms with Crippen LogP contribution in [0.25, 0.3) is 0 Å². The molecule has 112 valence electrons.